The van der Waals surface area contributed by atoms with E-state index in [1.165, 1.54) is 30.3 Å². The van der Waals surface area contributed by atoms with Crippen molar-refractivity contribution in [2.45, 2.75) is 19.7 Å². The van der Waals surface area contributed by atoms with Gasteiger partial charge in [0.15, 0.2) is 0 Å². The molecule has 0 radical (unpaired) electrons. The molecule has 112 valence electrons. The molecule has 0 atom stereocenters. The first-order valence-corrected chi connectivity index (χ1v) is 6.14. The van der Waals surface area contributed by atoms with Crippen molar-refractivity contribution < 1.29 is 22.3 Å². The fraction of sp³-hybridized carbons (Fsp3) is 0.200. The topological polar surface area (TPSA) is 35.2 Å². The van der Waals surface area contributed by atoms with Crippen LogP contribution in [-0.4, -0.2) is 6.36 Å². The smallest absolute Gasteiger partial charge is 0.406 e. The normalized spacial score (nSPS) is 11.5. The van der Waals surface area contributed by atoms with Crippen LogP contribution in [0, 0.1) is 12.7 Å². The molecule has 0 unspecified atom stereocenters. The lowest BCUT2D eigenvalue weighted by molar-refractivity contribution is -0.274. The third-order valence-corrected chi connectivity index (χ3v) is 3.05. The second kappa shape index (κ2) is 5.63. The highest BCUT2D eigenvalue weighted by atomic mass is 19.4. The molecule has 6 heteroatoms. The van der Waals surface area contributed by atoms with E-state index in [-0.39, 0.29) is 12.2 Å². The highest BCUT2D eigenvalue weighted by Gasteiger charge is 2.31. The molecule has 0 bridgehead atoms. The predicted molar refractivity (Wildman–Crippen MR) is 71.5 cm³/mol. The van der Waals surface area contributed by atoms with Crippen LogP contribution in [0.15, 0.2) is 36.4 Å². The van der Waals surface area contributed by atoms with Crippen molar-refractivity contribution in [3.05, 3.63) is 58.9 Å². The number of hydrogen-bond acceptors (Lipinski definition) is 2. The van der Waals surface area contributed by atoms with Gasteiger partial charge in [-0.1, -0.05) is 12.1 Å². The van der Waals surface area contributed by atoms with Gasteiger partial charge in [0.2, 0.25) is 0 Å². The van der Waals surface area contributed by atoms with Gasteiger partial charge in [-0.2, -0.15) is 0 Å². The summed E-state index contributed by atoms with van der Waals surface area (Å²) in [7, 11) is 0. The minimum absolute atomic E-state index is 0.267. The summed E-state index contributed by atoms with van der Waals surface area (Å²) in [5, 5.41) is 0. The number of nitrogens with two attached hydrogens (primary N) is 1. The number of hydrogen-bond donors (Lipinski definition) is 1. The van der Waals surface area contributed by atoms with E-state index in [0.29, 0.717) is 22.4 Å². The van der Waals surface area contributed by atoms with Gasteiger partial charge in [0, 0.05) is 5.69 Å². The summed E-state index contributed by atoms with van der Waals surface area (Å²) in [5.74, 6) is -0.780. The summed E-state index contributed by atoms with van der Waals surface area (Å²) >= 11 is 0. The summed E-state index contributed by atoms with van der Waals surface area (Å²) in [4.78, 5) is 0. The van der Waals surface area contributed by atoms with Gasteiger partial charge in [0.1, 0.15) is 11.6 Å². The molecule has 0 amide bonds. The van der Waals surface area contributed by atoms with Crippen molar-refractivity contribution in [1.29, 1.82) is 0 Å². The number of rotatable bonds is 3. The second-order valence-corrected chi connectivity index (χ2v) is 4.65. The molecule has 0 aromatic heterocycles. The first kappa shape index (κ1) is 15.2. The summed E-state index contributed by atoms with van der Waals surface area (Å²) in [5.41, 5.74) is 7.89. The van der Waals surface area contributed by atoms with Crippen molar-refractivity contribution in [1.82, 2.24) is 0 Å². The van der Waals surface area contributed by atoms with Gasteiger partial charge in [0.05, 0.1) is 0 Å². The van der Waals surface area contributed by atoms with Crippen LogP contribution in [0.3, 0.4) is 0 Å². The van der Waals surface area contributed by atoms with E-state index in [4.69, 9.17) is 5.73 Å². The second-order valence-electron chi connectivity index (χ2n) is 4.65. The van der Waals surface area contributed by atoms with Gasteiger partial charge in [-0.15, -0.1) is 13.2 Å². The number of alkyl halides is 3. The Kier molecular flexibility index (Phi) is 4.06. The van der Waals surface area contributed by atoms with Gasteiger partial charge in [0.25, 0.3) is 0 Å². The SMILES string of the molecule is Cc1c(N)cc(F)cc1Cc1cccc(OC(F)(F)F)c1. The van der Waals surface area contributed by atoms with E-state index >= 15 is 0 Å². The van der Waals surface area contributed by atoms with Crippen molar-refractivity contribution in [2.75, 3.05) is 5.73 Å². The molecule has 0 spiro atoms. The van der Waals surface area contributed by atoms with Crippen molar-refractivity contribution >= 4 is 5.69 Å². The summed E-state index contributed by atoms with van der Waals surface area (Å²) < 4.78 is 53.8. The number of ether oxygens (including phenoxy) is 1. The van der Waals surface area contributed by atoms with Crippen LogP contribution in [0.4, 0.5) is 23.2 Å². The largest absolute Gasteiger partial charge is 0.573 e. The summed E-state index contributed by atoms with van der Waals surface area (Å²) in [6.45, 7) is 1.74. The van der Waals surface area contributed by atoms with Crippen LogP contribution in [0.25, 0.3) is 0 Å². The molecular weight excluding hydrogens is 286 g/mol. The Bertz CT molecular complexity index is 653. The molecular formula is C15H13F4NO. The Hall–Kier alpha value is -2.24. The average molecular weight is 299 g/mol. The predicted octanol–water partition coefficient (Wildman–Crippen LogP) is 4.21. The Morgan fingerprint density at radius 3 is 2.52 bits per heavy atom. The number of benzene rings is 2. The fourth-order valence-corrected chi connectivity index (χ4v) is 2.01. The molecule has 2 aromatic rings. The van der Waals surface area contributed by atoms with Crippen molar-refractivity contribution in [2.24, 2.45) is 0 Å². The van der Waals surface area contributed by atoms with Crippen LogP contribution >= 0.6 is 0 Å². The monoisotopic (exact) mass is 299 g/mol. The molecule has 0 aliphatic carbocycles. The Labute approximate surface area is 119 Å². The lowest BCUT2D eigenvalue weighted by Gasteiger charge is -2.12. The average Bonchev–Trinajstić information content (AvgIpc) is 2.33. The molecule has 0 aliphatic rings. The Morgan fingerprint density at radius 1 is 1.14 bits per heavy atom. The van der Waals surface area contributed by atoms with Crippen LogP contribution in [0.1, 0.15) is 16.7 Å². The number of anilines is 1. The molecule has 0 aliphatic heterocycles. The van der Waals surface area contributed by atoms with Gasteiger partial charge in [-0.25, -0.2) is 4.39 Å². The Balaban J connectivity index is 2.26. The molecule has 2 N–H and O–H groups in total. The maximum atomic E-state index is 13.4. The highest BCUT2D eigenvalue weighted by molar-refractivity contribution is 5.51. The van der Waals surface area contributed by atoms with Gasteiger partial charge < -0.3 is 10.5 Å². The van der Waals surface area contributed by atoms with E-state index in [2.05, 4.69) is 4.74 Å². The van der Waals surface area contributed by atoms with Gasteiger partial charge in [-0.3, -0.25) is 0 Å². The van der Waals surface area contributed by atoms with Gasteiger partial charge >= 0.3 is 6.36 Å². The molecule has 21 heavy (non-hydrogen) atoms. The molecule has 2 rings (SSSR count). The van der Waals surface area contributed by atoms with E-state index in [9.17, 15) is 17.6 Å². The summed E-state index contributed by atoms with van der Waals surface area (Å²) in [6.07, 6.45) is -4.47. The van der Waals surface area contributed by atoms with E-state index in [1.807, 2.05) is 0 Å². The van der Waals surface area contributed by atoms with E-state index < -0.39 is 12.2 Å². The van der Waals surface area contributed by atoms with E-state index in [0.717, 1.165) is 0 Å². The first-order valence-electron chi connectivity index (χ1n) is 6.14. The van der Waals surface area contributed by atoms with Crippen LogP contribution in [0.5, 0.6) is 5.75 Å². The zero-order chi connectivity index (χ0) is 15.6. The zero-order valence-corrected chi connectivity index (χ0v) is 11.2. The lowest BCUT2D eigenvalue weighted by atomic mass is 9.99. The maximum Gasteiger partial charge on any atom is 0.573 e. The van der Waals surface area contributed by atoms with Gasteiger partial charge in [-0.05, 0) is 54.3 Å². The summed E-state index contributed by atoms with van der Waals surface area (Å²) in [6, 6.07) is 8.11. The molecule has 0 heterocycles. The van der Waals surface area contributed by atoms with Crippen molar-refractivity contribution in [3.63, 3.8) is 0 Å². The molecule has 0 fully saturated rings. The maximum absolute atomic E-state index is 13.4. The van der Waals surface area contributed by atoms with E-state index in [1.54, 1.807) is 13.0 Å². The molecule has 2 nitrogen and oxygen atoms in total. The molecule has 0 saturated carbocycles. The lowest BCUT2D eigenvalue weighted by Crippen LogP contribution is -2.17. The fourth-order valence-electron chi connectivity index (χ4n) is 2.01. The Morgan fingerprint density at radius 2 is 1.86 bits per heavy atom. The van der Waals surface area contributed by atoms with Crippen LogP contribution in [0.2, 0.25) is 0 Å². The first-order chi connectivity index (χ1) is 9.74. The standard InChI is InChI=1S/C15H13F4NO/c1-9-11(7-12(16)8-14(9)20)5-10-3-2-4-13(6-10)21-15(17,18)19/h2-4,6-8H,5,20H2,1H3. The number of nitrogen functional groups attached to an aromatic ring is 1. The zero-order valence-electron chi connectivity index (χ0n) is 11.2. The van der Waals surface area contributed by atoms with Crippen molar-refractivity contribution in [3.8, 4) is 5.75 Å². The molecule has 0 saturated heterocycles. The highest BCUT2D eigenvalue weighted by Crippen LogP contribution is 2.26. The van der Waals surface area contributed by atoms with Crippen LogP contribution in [-0.2, 0) is 6.42 Å². The third-order valence-electron chi connectivity index (χ3n) is 3.05. The number of halogens is 4. The molecule has 2 aromatic carbocycles. The minimum atomic E-state index is -4.74. The quantitative estimate of drug-likeness (QED) is 0.681. The minimum Gasteiger partial charge on any atom is -0.406 e. The third kappa shape index (κ3) is 4.11. The van der Waals surface area contributed by atoms with Crippen LogP contribution < -0.4 is 10.5 Å².